The third kappa shape index (κ3) is 3.47. The van der Waals surface area contributed by atoms with E-state index in [1.165, 1.54) is 11.1 Å². The lowest BCUT2D eigenvalue weighted by atomic mass is 10.1. The minimum atomic E-state index is 0.270. The number of ether oxygens (including phenoxy) is 2. The second kappa shape index (κ2) is 6.21. The summed E-state index contributed by atoms with van der Waals surface area (Å²) in [5.74, 6) is 1.05. The SMILES string of the molecule is COCCC(C)NCC1Cc2cc(C)ccc2O1. The highest BCUT2D eigenvalue weighted by atomic mass is 16.5. The summed E-state index contributed by atoms with van der Waals surface area (Å²) >= 11 is 0. The van der Waals surface area contributed by atoms with Crippen LogP contribution >= 0.6 is 0 Å². The fourth-order valence-electron chi connectivity index (χ4n) is 2.29. The van der Waals surface area contributed by atoms with Gasteiger partial charge in [0.25, 0.3) is 0 Å². The molecule has 0 amide bonds. The predicted molar refractivity (Wildman–Crippen MR) is 73.3 cm³/mol. The van der Waals surface area contributed by atoms with Crippen molar-refractivity contribution in [2.45, 2.75) is 38.8 Å². The van der Waals surface area contributed by atoms with Crippen LogP contribution in [0.15, 0.2) is 18.2 Å². The summed E-state index contributed by atoms with van der Waals surface area (Å²) in [7, 11) is 1.74. The zero-order valence-corrected chi connectivity index (χ0v) is 11.5. The van der Waals surface area contributed by atoms with Gasteiger partial charge < -0.3 is 14.8 Å². The van der Waals surface area contributed by atoms with Crippen molar-refractivity contribution in [1.82, 2.24) is 5.32 Å². The van der Waals surface area contributed by atoms with Gasteiger partial charge in [0.1, 0.15) is 11.9 Å². The molecule has 1 aromatic rings. The maximum atomic E-state index is 5.92. The van der Waals surface area contributed by atoms with Crippen molar-refractivity contribution in [3.63, 3.8) is 0 Å². The smallest absolute Gasteiger partial charge is 0.123 e. The van der Waals surface area contributed by atoms with Crippen LogP contribution < -0.4 is 10.1 Å². The number of nitrogens with one attached hydrogen (secondary N) is 1. The van der Waals surface area contributed by atoms with Crippen molar-refractivity contribution in [1.29, 1.82) is 0 Å². The summed E-state index contributed by atoms with van der Waals surface area (Å²) < 4.78 is 11.0. The number of rotatable bonds is 6. The molecule has 0 saturated carbocycles. The zero-order chi connectivity index (χ0) is 13.0. The lowest BCUT2D eigenvalue weighted by molar-refractivity contribution is 0.177. The maximum Gasteiger partial charge on any atom is 0.123 e. The van der Waals surface area contributed by atoms with Crippen LogP contribution in [0.2, 0.25) is 0 Å². The third-order valence-electron chi connectivity index (χ3n) is 3.41. The third-order valence-corrected chi connectivity index (χ3v) is 3.41. The summed E-state index contributed by atoms with van der Waals surface area (Å²) in [6.07, 6.45) is 2.32. The Morgan fingerprint density at radius 1 is 1.50 bits per heavy atom. The normalized spacial score (nSPS) is 19.4. The van der Waals surface area contributed by atoms with Crippen molar-refractivity contribution < 1.29 is 9.47 Å². The highest BCUT2D eigenvalue weighted by molar-refractivity contribution is 5.40. The molecule has 0 aromatic heterocycles. The van der Waals surface area contributed by atoms with Crippen molar-refractivity contribution in [2.75, 3.05) is 20.3 Å². The molecule has 2 unspecified atom stereocenters. The average molecular weight is 249 g/mol. The molecule has 3 nitrogen and oxygen atoms in total. The molecule has 2 atom stereocenters. The fourth-order valence-corrected chi connectivity index (χ4v) is 2.29. The van der Waals surface area contributed by atoms with E-state index in [9.17, 15) is 0 Å². The van der Waals surface area contributed by atoms with Crippen LogP contribution in [0.25, 0.3) is 0 Å². The topological polar surface area (TPSA) is 30.5 Å². The Morgan fingerprint density at radius 2 is 2.33 bits per heavy atom. The van der Waals surface area contributed by atoms with E-state index in [2.05, 4.69) is 37.4 Å². The minimum Gasteiger partial charge on any atom is -0.488 e. The predicted octanol–water partition coefficient (Wildman–Crippen LogP) is 2.31. The van der Waals surface area contributed by atoms with Gasteiger partial charge in [0, 0.05) is 32.7 Å². The summed E-state index contributed by atoms with van der Waals surface area (Å²) in [6, 6.07) is 6.89. The van der Waals surface area contributed by atoms with Crippen molar-refractivity contribution >= 4 is 0 Å². The van der Waals surface area contributed by atoms with Crippen molar-refractivity contribution in [2.24, 2.45) is 0 Å². The summed E-state index contributed by atoms with van der Waals surface area (Å²) in [5.41, 5.74) is 2.64. The molecular formula is C15H23NO2. The summed E-state index contributed by atoms with van der Waals surface area (Å²) in [4.78, 5) is 0. The quantitative estimate of drug-likeness (QED) is 0.839. The first-order valence-electron chi connectivity index (χ1n) is 6.67. The monoisotopic (exact) mass is 249 g/mol. The molecule has 1 aliphatic rings. The Morgan fingerprint density at radius 3 is 3.11 bits per heavy atom. The lowest BCUT2D eigenvalue weighted by Gasteiger charge is -2.16. The number of fused-ring (bicyclic) bond motifs is 1. The molecule has 100 valence electrons. The number of benzene rings is 1. The van der Waals surface area contributed by atoms with Gasteiger partial charge in [0.2, 0.25) is 0 Å². The van der Waals surface area contributed by atoms with Crippen LogP contribution in [0, 0.1) is 6.92 Å². The molecule has 0 fully saturated rings. The van der Waals surface area contributed by atoms with E-state index in [1.54, 1.807) is 7.11 Å². The average Bonchev–Trinajstić information content (AvgIpc) is 2.75. The van der Waals surface area contributed by atoms with E-state index in [0.717, 1.165) is 31.7 Å². The zero-order valence-electron chi connectivity index (χ0n) is 11.5. The number of aryl methyl sites for hydroxylation is 1. The molecule has 1 N–H and O–H groups in total. The minimum absolute atomic E-state index is 0.270. The molecular weight excluding hydrogens is 226 g/mol. The molecule has 0 bridgehead atoms. The van der Waals surface area contributed by atoms with Gasteiger partial charge in [-0.15, -0.1) is 0 Å². The molecule has 18 heavy (non-hydrogen) atoms. The first-order chi connectivity index (χ1) is 8.69. The van der Waals surface area contributed by atoms with Crippen LogP contribution in [-0.2, 0) is 11.2 Å². The van der Waals surface area contributed by atoms with Gasteiger partial charge in [-0.1, -0.05) is 17.7 Å². The van der Waals surface area contributed by atoms with Crippen molar-refractivity contribution in [3.05, 3.63) is 29.3 Å². The molecule has 0 aliphatic carbocycles. The van der Waals surface area contributed by atoms with E-state index in [1.807, 2.05) is 0 Å². The van der Waals surface area contributed by atoms with Gasteiger partial charge >= 0.3 is 0 Å². The van der Waals surface area contributed by atoms with E-state index in [4.69, 9.17) is 9.47 Å². The Hall–Kier alpha value is -1.06. The molecule has 2 rings (SSSR count). The molecule has 0 radical (unpaired) electrons. The summed E-state index contributed by atoms with van der Waals surface area (Å²) in [5, 5.41) is 3.50. The Balaban J connectivity index is 1.77. The first-order valence-corrected chi connectivity index (χ1v) is 6.67. The Labute approximate surface area is 109 Å². The van der Waals surface area contributed by atoms with Gasteiger partial charge in [-0.05, 0) is 31.9 Å². The van der Waals surface area contributed by atoms with E-state index in [-0.39, 0.29) is 6.10 Å². The lowest BCUT2D eigenvalue weighted by Crippen LogP contribution is -2.36. The van der Waals surface area contributed by atoms with Gasteiger partial charge in [-0.25, -0.2) is 0 Å². The van der Waals surface area contributed by atoms with Gasteiger partial charge in [0.05, 0.1) is 0 Å². The Bertz CT molecular complexity index is 392. The number of methoxy groups -OCH3 is 1. The number of hydrogen-bond acceptors (Lipinski definition) is 3. The standard InChI is InChI=1S/C15H23NO2/c1-11-4-5-15-13(8-11)9-14(18-15)10-16-12(2)6-7-17-3/h4-5,8,12,14,16H,6-7,9-10H2,1-3H3. The van der Waals surface area contributed by atoms with Gasteiger partial charge in [-0.2, -0.15) is 0 Å². The molecule has 1 heterocycles. The molecule has 1 aromatic carbocycles. The molecule has 0 saturated heterocycles. The highest BCUT2D eigenvalue weighted by Gasteiger charge is 2.22. The highest BCUT2D eigenvalue weighted by Crippen LogP contribution is 2.29. The molecule has 3 heteroatoms. The summed E-state index contributed by atoms with van der Waals surface area (Å²) in [6.45, 7) is 6.02. The van der Waals surface area contributed by atoms with Crippen LogP contribution in [0.1, 0.15) is 24.5 Å². The first kappa shape index (κ1) is 13.4. The Kier molecular flexibility index (Phi) is 4.61. The van der Waals surface area contributed by atoms with Crippen LogP contribution in [0.3, 0.4) is 0 Å². The van der Waals surface area contributed by atoms with Gasteiger partial charge in [0.15, 0.2) is 0 Å². The molecule has 1 aliphatic heterocycles. The van der Waals surface area contributed by atoms with E-state index in [0.29, 0.717) is 6.04 Å². The number of hydrogen-bond donors (Lipinski definition) is 1. The van der Waals surface area contributed by atoms with Gasteiger partial charge in [-0.3, -0.25) is 0 Å². The van der Waals surface area contributed by atoms with Crippen molar-refractivity contribution in [3.8, 4) is 5.75 Å². The second-order valence-electron chi connectivity index (χ2n) is 5.15. The second-order valence-corrected chi connectivity index (χ2v) is 5.15. The maximum absolute atomic E-state index is 5.92. The fraction of sp³-hybridized carbons (Fsp3) is 0.600. The van der Waals surface area contributed by atoms with E-state index < -0.39 is 0 Å². The van der Waals surface area contributed by atoms with Crippen LogP contribution in [0.4, 0.5) is 0 Å². The van der Waals surface area contributed by atoms with Crippen LogP contribution in [-0.4, -0.2) is 32.4 Å². The molecule has 0 spiro atoms. The van der Waals surface area contributed by atoms with Crippen LogP contribution in [0.5, 0.6) is 5.75 Å². The van der Waals surface area contributed by atoms with E-state index >= 15 is 0 Å². The largest absolute Gasteiger partial charge is 0.488 e.